The number of aliphatic hydroxyl groups excluding tert-OH is 1. The van der Waals surface area contributed by atoms with Gasteiger partial charge in [-0.15, -0.1) is 0 Å². The zero-order valence-corrected chi connectivity index (χ0v) is 16.8. The van der Waals surface area contributed by atoms with E-state index >= 15 is 0 Å². The summed E-state index contributed by atoms with van der Waals surface area (Å²) in [5.41, 5.74) is -1.31. The summed E-state index contributed by atoms with van der Waals surface area (Å²) in [5.74, 6) is -3.12. The van der Waals surface area contributed by atoms with Crippen molar-refractivity contribution in [2.45, 2.75) is 0 Å². The van der Waals surface area contributed by atoms with Crippen molar-refractivity contribution >= 4 is 29.0 Å². The van der Waals surface area contributed by atoms with E-state index in [0.717, 1.165) is 25.3 Å². The maximum Gasteiger partial charge on any atom is 0.337 e. The SMILES string of the molecule is COC(=O)C1=C(Nc2ccc([N+](=O)[O-])cc2C(=O)c2ccccc2F)C(=O)N(CCO)C1. The minimum atomic E-state index is -0.854. The number of carbonyl (C=O) groups is 3. The molecule has 0 saturated heterocycles. The van der Waals surface area contributed by atoms with Crippen LogP contribution in [0.2, 0.25) is 0 Å². The van der Waals surface area contributed by atoms with Crippen molar-refractivity contribution in [1.29, 1.82) is 0 Å². The van der Waals surface area contributed by atoms with Gasteiger partial charge in [0.1, 0.15) is 11.5 Å². The minimum Gasteiger partial charge on any atom is -0.466 e. The number of nitrogens with zero attached hydrogens (tertiary/aromatic N) is 2. The Kier molecular flexibility index (Phi) is 6.59. The van der Waals surface area contributed by atoms with Crippen LogP contribution in [0.4, 0.5) is 15.8 Å². The smallest absolute Gasteiger partial charge is 0.337 e. The van der Waals surface area contributed by atoms with Gasteiger partial charge in [-0.3, -0.25) is 19.7 Å². The molecule has 0 aliphatic carbocycles. The number of nitrogens with one attached hydrogen (secondary N) is 1. The number of anilines is 1. The molecule has 3 rings (SSSR count). The molecule has 0 atom stereocenters. The summed E-state index contributed by atoms with van der Waals surface area (Å²) >= 11 is 0. The van der Waals surface area contributed by atoms with Crippen LogP contribution in [0.5, 0.6) is 0 Å². The van der Waals surface area contributed by atoms with Gasteiger partial charge in [-0.05, 0) is 18.2 Å². The van der Waals surface area contributed by atoms with Gasteiger partial charge in [0.25, 0.3) is 11.6 Å². The topological polar surface area (TPSA) is 139 Å². The number of esters is 1. The molecule has 0 bridgehead atoms. The van der Waals surface area contributed by atoms with Gasteiger partial charge in [0.2, 0.25) is 0 Å². The molecular formula is C21H18FN3O7. The fraction of sp³-hybridized carbons (Fsp3) is 0.190. The van der Waals surface area contributed by atoms with Gasteiger partial charge in [-0.1, -0.05) is 12.1 Å². The first kappa shape index (κ1) is 22.6. The van der Waals surface area contributed by atoms with E-state index in [4.69, 9.17) is 9.84 Å². The van der Waals surface area contributed by atoms with Gasteiger partial charge in [-0.25, -0.2) is 9.18 Å². The highest BCUT2D eigenvalue weighted by Crippen LogP contribution is 2.29. The molecule has 0 spiro atoms. The lowest BCUT2D eigenvalue weighted by molar-refractivity contribution is -0.384. The molecule has 0 radical (unpaired) electrons. The van der Waals surface area contributed by atoms with E-state index in [1.165, 1.54) is 29.2 Å². The van der Waals surface area contributed by atoms with Gasteiger partial charge in [0.05, 0.1) is 47.6 Å². The molecule has 0 fully saturated rings. The van der Waals surface area contributed by atoms with Crippen molar-refractivity contribution in [3.8, 4) is 0 Å². The monoisotopic (exact) mass is 443 g/mol. The lowest BCUT2D eigenvalue weighted by atomic mass is 10.00. The van der Waals surface area contributed by atoms with E-state index in [1.54, 1.807) is 0 Å². The molecule has 2 N–H and O–H groups in total. The largest absolute Gasteiger partial charge is 0.466 e. The highest BCUT2D eigenvalue weighted by atomic mass is 19.1. The number of aliphatic hydroxyl groups is 1. The highest BCUT2D eigenvalue weighted by molar-refractivity contribution is 6.14. The first-order valence-corrected chi connectivity index (χ1v) is 9.34. The molecule has 0 aromatic heterocycles. The van der Waals surface area contributed by atoms with E-state index in [1.807, 2.05) is 0 Å². The normalized spacial score (nSPS) is 13.3. The Bertz CT molecular complexity index is 1150. The number of β-amino-alcohol motifs (C(OH)–C–C–N with tert-alkyl or cyclic N) is 1. The molecule has 11 heteroatoms. The number of ether oxygens (including phenoxy) is 1. The number of methoxy groups -OCH3 is 1. The Morgan fingerprint density at radius 2 is 1.97 bits per heavy atom. The number of nitro benzene ring substituents is 1. The fourth-order valence-electron chi connectivity index (χ4n) is 3.22. The van der Waals surface area contributed by atoms with E-state index in [0.29, 0.717) is 0 Å². The number of hydrogen-bond donors (Lipinski definition) is 2. The predicted molar refractivity (Wildman–Crippen MR) is 109 cm³/mol. The third-order valence-electron chi connectivity index (χ3n) is 4.79. The van der Waals surface area contributed by atoms with Crippen molar-refractivity contribution in [2.75, 3.05) is 32.1 Å². The molecule has 2 aromatic rings. The van der Waals surface area contributed by atoms with E-state index in [-0.39, 0.29) is 47.8 Å². The van der Waals surface area contributed by atoms with Gasteiger partial charge >= 0.3 is 5.97 Å². The summed E-state index contributed by atoms with van der Waals surface area (Å²) in [7, 11) is 1.13. The minimum absolute atomic E-state index is 0.0422. The first-order valence-electron chi connectivity index (χ1n) is 9.34. The predicted octanol–water partition coefficient (Wildman–Crippen LogP) is 1.64. The second kappa shape index (κ2) is 9.35. The molecule has 166 valence electrons. The lowest BCUT2D eigenvalue weighted by Gasteiger charge is -2.16. The van der Waals surface area contributed by atoms with Crippen LogP contribution < -0.4 is 5.32 Å². The average Bonchev–Trinajstić information content (AvgIpc) is 3.08. The number of carbonyl (C=O) groups excluding carboxylic acids is 3. The molecule has 0 unspecified atom stereocenters. The lowest BCUT2D eigenvalue weighted by Crippen LogP contribution is -2.31. The van der Waals surface area contributed by atoms with Crippen LogP contribution in [0.1, 0.15) is 15.9 Å². The quantitative estimate of drug-likeness (QED) is 0.272. The number of benzene rings is 2. The van der Waals surface area contributed by atoms with Gasteiger partial charge in [0, 0.05) is 18.7 Å². The Morgan fingerprint density at radius 3 is 2.59 bits per heavy atom. The summed E-state index contributed by atoms with van der Waals surface area (Å²) < 4.78 is 18.9. The van der Waals surface area contributed by atoms with Crippen molar-refractivity contribution in [3.05, 3.63) is 80.8 Å². The molecule has 1 aliphatic heterocycles. The van der Waals surface area contributed by atoms with Gasteiger partial charge in [0.15, 0.2) is 5.78 Å². The molecule has 0 saturated carbocycles. The van der Waals surface area contributed by atoms with Crippen molar-refractivity contribution in [3.63, 3.8) is 0 Å². The molecule has 10 nitrogen and oxygen atoms in total. The maximum atomic E-state index is 14.2. The number of nitro groups is 1. The zero-order valence-electron chi connectivity index (χ0n) is 16.8. The van der Waals surface area contributed by atoms with Crippen LogP contribution >= 0.6 is 0 Å². The standard InChI is InChI=1S/C21H18FN3O7/c1-32-21(29)15-11-24(8-9-26)20(28)18(15)23-17-7-6-12(25(30)31)10-14(17)19(27)13-4-2-3-5-16(13)22/h2-7,10,23,26H,8-9,11H2,1H3. The van der Waals surface area contributed by atoms with E-state index in [9.17, 15) is 28.9 Å². The highest BCUT2D eigenvalue weighted by Gasteiger charge is 2.35. The Balaban J connectivity index is 2.10. The molecule has 32 heavy (non-hydrogen) atoms. The molecule has 2 aromatic carbocycles. The Hall–Kier alpha value is -4.12. The van der Waals surface area contributed by atoms with E-state index in [2.05, 4.69) is 5.32 Å². The number of ketones is 1. The fourth-order valence-corrected chi connectivity index (χ4v) is 3.22. The second-order valence-corrected chi connectivity index (χ2v) is 6.72. The number of amides is 1. The zero-order chi connectivity index (χ0) is 23.4. The molecular weight excluding hydrogens is 425 g/mol. The van der Waals surface area contributed by atoms with Crippen molar-refractivity contribution in [2.24, 2.45) is 0 Å². The maximum absolute atomic E-state index is 14.2. The Labute approximate surface area is 181 Å². The third kappa shape index (κ3) is 4.32. The third-order valence-corrected chi connectivity index (χ3v) is 4.79. The van der Waals surface area contributed by atoms with Crippen LogP contribution in [0.3, 0.4) is 0 Å². The van der Waals surface area contributed by atoms with Gasteiger partial charge < -0.3 is 20.1 Å². The molecule has 1 heterocycles. The molecule has 1 amide bonds. The van der Waals surface area contributed by atoms with Crippen LogP contribution in [0.15, 0.2) is 53.7 Å². The summed E-state index contributed by atoms with van der Waals surface area (Å²) in [6.07, 6.45) is 0. The number of halogens is 1. The summed E-state index contributed by atoms with van der Waals surface area (Å²) in [6.45, 7) is -0.536. The van der Waals surface area contributed by atoms with Gasteiger partial charge in [-0.2, -0.15) is 0 Å². The first-order chi connectivity index (χ1) is 15.3. The average molecular weight is 443 g/mol. The summed E-state index contributed by atoms with van der Waals surface area (Å²) in [6, 6.07) is 8.37. The summed E-state index contributed by atoms with van der Waals surface area (Å²) in [4.78, 5) is 49.6. The van der Waals surface area contributed by atoms with Crippen LogP contribution in [0, 0.1) is 15.9 Å². The second-order valence-electron chi connectivity index (χ2n) is 6.72. The Morgan fingerprint density at radius 1 is 1.25 bits per heavy atom. The van der Waals surface area contributed by atoms with Crippen molar-refractivity contribution < 1.29 is 33.5 Å². The molecule has 1 aliphatic rings. The van der Waals surface area contributed by atoms with Crippen LogP contribution in [-0.2, 0) is 14.3 Å². The summed E-state index contributed by atoms with van der Waals surface area (Å²) in [5, 5.41) is 23.1. The van der Waals surface area contributed by atoms with E-state index < -0.39 is 34.1 Å². The number of hydrogen-bond acceptors (Lipinski definition) is 8. The van der Waals surface area contributed by atoms with Crippen LogP contribution in [0.25, 0.3) is 0 Å². The number of rotatable bonds is 8. The number of non-ortho nitro benzene ring substituents is 1. The van der Waals surface area contributed by atoms with Crippen molar-refractivity contribution in [1.82, 2.24) is 4.90 Å². The van der Waals surface area contributed by atoms with Crippen LogP contribution in [-0.4, -0.2) is 59.4 Å².